The summed E-state index contributed by atoms with van der Waals surface area (Å²) in [7, 11) is 0. The molecule has 1 aromatic carbocycles. The van der Waals surface area contributed by atoms with E-state index in [1.165, 1.54) is 0 Å². The fraction of sp³-hybridized carbons (Fsp3) is 0.462. The summed E-state index contributed by atoms with van der Waals surface area (Å²) >= 11 is 0. The molecule has 1 saturated heterocycles. The van der Waals surface area contributed by atoms with Gasteiger partial charge in [0.1, 0.15) is 12.4 Å². The maximum Gasteiger partial charge on any atom is 0.334 e. The molecule has 0 spiro atoms. The van der Waals surface area contributed by atoms with Crippen molar-refractivity contribution in [1.29, 1.82) is 0 Å². The fourth-order valence-electron chi connectivity index (χ4n) is 1.86. The van der Waals surface area contributed by atoms with Gasteiger partial charge in [0.15, 0.2) is 6.10 Å². The van der Waals surface area contributed by atoms with Crippen molar-refractivity contribution in [3.63, 3.8) is 0 Å². The predicted molar refractivity (Wildman–Crippen MR) is 65.8 cm³/mol. The van der Waals surface area contributed by atoms with Crippen molar-refractivity contribution in [2.45, 2.75) is 6.10 Å². The van der Waals surface area contributed by atoms with Crippen molar-refractivity contribution >= 4 is 5.97 Å². The van der Waals surface area contributed by atoms with E-state index in [4.69, 9.17) is 14.6 Å². The van der Waals surface area contributed by atoms with Crippen LogP contribution in [-0.4, -0.2) is 54.9 Å². The molecule has 1 N–H and O–H groups in total. The summed E-state index contributed by atoms with van der Waals surface area (Å²) in [6, 6.07) is 9.58. The highest BCUT2D eigenvalue weighted by Crippen LogP contribution is 2.09. The molecule has 2 rings (SSSR count). The molecule has 0 aromatic heterocycles. The average molecular weight is 251 g/mol. The van der Waals surface area contributed by atoms with E-state index >= 15 is 0 Å². The van der Waals surface area contributed by atoms with E-state index in [9.17, 15) is 4.79 Å². The summed E-state index contributed by atoms with van der Waals surface area (Å²) in [5.74, 6) is -0.0655. The lowest BCUT2D eigenvalue weighted by Crippen LogP contribution is -2.47. The van der Waals surface area contributed by atoms with E-state index < -0.39 is 12.1 Å². The summed E-state index contributed by atoms with van der Waals surface area (Å²) in [6.45, 7) is 2.90. The number of morpholine rings is 1. The summed E-state index contributed by atoms with van der Waals surface area (Å²) < 4.78 is 10.7. The highest BCUT2D eigenvalue weighted by molar-refractivity contribution is 5.72. The van der Waals surface area contributed by atoms with Gasteiger partial charge >= 0.3 is 5.97 Å². The maximum atomic E-state index is 10.8. The number of aliphatic carboxylic acids is 1. The average Bonchev–Trinajstić information content (AvgIpc) is 2.40. The van der Waals surface area contributed by atoms with Crippen LogP contribution in [0.5, 0.6) is 5.75 Å². The van der Waals surface area contributed by atoms with Gasteiger partial charge in [0.2, 0.25) is 0 Å². The summed E-state index contributed by atoms with van der Waals surface area (Å²) in [5, 5.41) is 8.88. The number of para-hydroxylation sites is 1. The smallest absolute Gasteiger partial charge is 0.334 e. The molecule has 1 aromatic rings. The quantitative estimate of drug-likeness (QED) is 0.840. The largest absolute Gasteiger partial charge is 0.492 e. The lowest BCUT2D eigenvalue weighted by atomic mass is 10.3. The number of hydrogen-bond acceptors (Lipinski definition) is 4. The highest BCUT2D eigenvalue weighted by atomic mass is 16.5. The van der Waals surface area contributed by atoms with Crippen LogP contribution in [0.4, 0.5) is 0 Å². The summed E-state index contributed by atoms with van der Waals surface area (Å²) in [5.41, 5.74) is 0. The summed E-state index contributed by atoms with van der Waals surface area (Å²) in [4.78, 5) is 12.9. The molecule has 0 saturated carbocycles. The molecule has 18 heavy (non-hydrogen) atoms. The van der Waals surface area contributed by atoms with Crippen molar-refractivity contribution in [2.24, 2.45) is 0 Å². The number of carbonyl (C=O) groups is 1. The standard InChI is InChI=1S/C13H17NO4/c15-13(16)12-10-14(7-9-18-12)6-8-17-11-4-2-1-3-5-11/h1-5,12H,6-10H2,(H,15,16). The van der Waals surface area contributed by atoms with Gasteiger partial charge in [-0.25, -0.2) is 4.79 Å². The first-order valence-corrected chi connectivity index (χ1v) is 6.00. The molecule has 0 aliphatic carbocycles. The Morgan fingerprint density at radius 3 is 2.94 bits per heavy atom. The molecule has 0 bridgehead atoms. The van der Waals surface area contributed by atoms with Gasteiger partial charge < -0.3 is 14.6 Å². The molecule has 1 aliphatic rings. The van der Waals surface area contributed by atoms with Gasteiger partial charge in [-0.2, -0.15) is 0 Å². The molecule has 5 nitrogen and oxygen atoms in total. The van der Waals surface area contributed by atoms with Crippen molar-refractivity contribution in [2.75, 3.05) is 32.8 Å². The van der Waals surface area contributed by atoms with Crippen LogP contribution in [0.25, 0.3) is 0 Å². The Labute approximate surface area is 106 Å². The predicted octanol–water partition coefficient (Wildman–Crippen LogP) is 0.851. The normalized spacial score (nSPS) is 20.6. The van der Waals surface area contributed by atoms with E-state index in [1.54, 1.807) is 0 Å². The van der Waals surface area contributed by atoms with E-state index in [0.29, 0.717) is 26.3 Å². The molecular formula is C13H17NO4. The van der Waals surface area contributed by atoms with Gasteiger partial charge in [-0.3, -0.25) is 4.90 Å². The number of nitrogens with zero attached hydrogens (tertiary/aromatic N) is 1. The van der Waals surface area contributed by atoms with Gasteiger partial charge in [0.05, 0.1) is 6.61 Å². The molecular weight excluding hydrogens is 234 g/mol. The molecule has 1 aliphatic heterocycles. The number of hydrogen-bond donors (Lipinski definition) is 1. The van der Waals surface area contributed by atoms with Gasteiger partial charge in [0, 0.05) is 19.6 Å². The molecule has 1 fully saturated rings. The van der Waals surface area contributed by atoms with Gasteiger partial charge in [-0.05, 0) is 12.1 Å². The number of benzene rings is 1. The van der Waals surface area contributed by atoms with Crippen LogP contribution in [-0.2, 0) is 9.53 Å². The van der Waals surface area contributed by atoms with Crippen LogP contribution in [0.2, 0.25) is 0 Å². The van der Waals surface area contributed by atoms with Crippen molar-refractivity contribution in [3.05, 3.63) is 30.3 Å². The lowest BCUT2D eigenvalue weighted by Gasteiger charge is -2.30. The first kappa shape index (κ1) is 12.9. The second-order valence-corrected chi connectivity index (χ2v) is 4.16. The second kappa shape index (κ2) is 6.37. The van der Waals surface area contributed by atoms with Crippen LogP contribution < -0.4 is 4.74 Å². The molecule has 1 heterocycles. The van der Waals surface area contributed by atoms with Crippen LogP contribution in [0.15, 0.2) is 30.3 Å². The van der Waals surface area contributed by atoms with Crippen LogP contribution in [0.1, 0.15) is 0 Å². The minimum absolute atomic E-state index is 0.424. The third kappa shape index (κ3) is 3.72. The Morgan fingerprint density at radius 1 is 1.44 bits per heavy atom. The van der Waals surface area contributed by atoms with E-state index in [0.717, 1.165) is 12.3 Å². The molecule has 0 amide bonds. The molecule has 1 atom stereocenters. The van der Waals surface area contributed by atoms with E-state index in [-0.39, 0.29) is 0 Å². The zero-order chi connectivity index (χ0) is 12.8. The third-order valence-corrected chi connectivity index (χ3v) is 2.85. The van der Waals surface area contributed by atoms with Crippen molar-refractivity contribution in [3.8, 4) is 5.75 Å². The second-order valence-electron chi connectivity index (χ2n) is 4.16. The molecule has 98 valence electrons. The summed E-state index contributed by atoms with van der Waals surface area (Å²) in [6.07, 6.45) is -0.713. The van der Waals surface area contributed by atoms with Gasteiger partial charge in [0.25, 0.3) is 0 Å². The zero-order valence-electron chi connectivity index (χ0n) is 10.1. The van der Waals surface area contributed by atoms with Crippen LogP contribution >= 0.6 is 0 Å². The SMILES string of the molecule is O=C(O)C1CN(CCOc2ccccc2)CCO1. The zero-order valence-corrected chi connectivity index (χ0v) is 10.1. The Bertz CT molecular complexity index is 382. The Kier molecular flexibility index (Phi) is 4.55. The third-order valence-electron chi connectivity index (χ3n) is 2.85. The van der Waals surface area contributed by atoms with Crippen molar-refractivity contribution < 1.29 is 19.4 Å². The molecule has 0 radical (unpaired) electrons. The van der Waals surface area contributed by atoms with Crippen LogP contribution in [0.3, 0.4) is 0 Å². The highest BCUT2D eigenvalue weighted by Gasteiger charge is 2.25. The number of carboxylic acids is 1. The number of rotatable bonds is 5. The Balaban J connectivity index is 1.72. The Hall–Kier alpha value is -1.59. The number of carboxylic acid groups (broad SMARTS) is 1. The molecule has 5 heteroatoms. The van der Waals surface area contributed by atoms with Gasteiger partial charge in [-0.15, -0.1) is 0 Å². The minimum Gasteiger partial charge on any atom is -0.492 e. The molecule has 1 unspecified atom stereocenters. The first-order chi connectivity index (χ1) is 8.75. The maximum absolute atomic E-state index is 10.8. The monoisotopic (exact) mass is 251 g/mol. The van der Waals surface area contributed by atoms with Crippen LogP contribution in [0, 0.1) is 0 Å². The van der Waals surface area contributed by atoms with E-state index in [2.05, 4.69) is 0 Å². The van der Waals surface area contributed by atoms with E-state index in [1.807, 2.05) is 35.2 Å². The topological polar surface area (TPSA) is 59.0 Å². The first-order valence-electron chi connectivity index (χ1n) is 6.00. The van der Waals surface area contributed by atoms with Gasteiger partial charge in [-0.1, -0.05) is 18.2 Å². The minimum atomic E-state index is -0.899. The lowest BCUT2D eigenvalue weighted by molar-refractivity contribution is -0.156. The fourth-order valence-corrected chi connectivity index (χ4v) is 1.86. The Morgan fingerprint density at radius 2 is 2.22 bits per heavy atom. The number of ether oxygens (including phenoxy) is 2. The van der Waals surface area contributed by atoms with Crippen molar-refractivity contribution in [1.82, 2.24) is 4.90 Å².